The fraction of sp³-hybridized carbons (Fsp3) is 0.500. The third-order valence-corrected chi connectivity index (χ3v) is 3.82. The fourth-order valence-corrected chi connectivity index (χ4v) is 2.85. The van der Waals surface area contributed by atoms with Crippen molar-refractivity contribution in [1.29, 1.82) is 5.26 Å². The van der Waals surface area contributed by atoms with Crippen LogP contribution in [0.25, 0.3) is 0 Å². The number of benzene rings is 1. The summed E-state index contributed by atoms with van der Waals surface area (Å²) < 4.78 is 4.81. The lowest BCUT2D eigenvalue weighted by Crippen LogP contribution is -2.38. The van der Waals surface area contributed by atoms with Gasteiger partial charge in [0.15, 0.2) is 0 Å². The van der Waals surface area contributed by atoms with E-state index in [-0.39, 0.29) is 31.2 Å². The van der Waals surface area contributed by atoms with Gasteiger partial charge in [-0.05, 0) is 24.1 Å². The van der Waals surface area contributed by atoms with Gasteiger partial charge in [-0.25, -0.2) is 0 Å². The number of aliphatic hydroxyl groups excluding tert-OH is 1. The number of hydrogen-bond donors (Lipinski definition) is 2. The van der Waals surface area contributed by atoms with Gasteiger partial charge in [-0.3, -0.25) is 9.69 Å². The summed E-state index contributed by atoms with van der Waals surface area (Å²) in [5, 5.41) is 21.4. The Morgan fingerprint density at radius 3 is 3.09 bits per heavy atom. The Balaban J connectivity index is 1.97. The summed E-state index contributed by atoms with van der Waals surface area (Å²) in [4.78, 5) is 13.7. The van der Waals surface area contributed by atoms with Crippen LogP contribution in [-0.4, -0.2) is 54.9 Å². The molecule has 0 bridgehead atoms. The van der Waals surface area contributed by atoms with Gasteiger partial charge in [0, 0.05) is 32.3 Å². The van der Waals surface area contributed by atoms with Crippen LogP contribution in [0.5, 0.6) is 0 Å². The summed E-state index contributed by atoms with van der Waals surface area (Å²) in [5.74, 6) is -0.141. The van der Waals surface area contributed by atoms with Gasteiger partial charge in [0.2, 0.25) is 5.91 Å². The molecule has 1 aromatic carbocycles. The smallest absolute Gasteiger partial charge is 0.246 e. The number of amides is 1. The van der Waals surface area contributed by atoms with Gasteiger partial charge in [-0.2, -0.15) is 5.26 Å². The molecule has 2 rings (SSSR count). The van der Waals surface area contributed by atoms with Gasteiger partial charge >= 0.3 is 0 Å². The number of aliphatic hydroxyl groups is 1. The molecular formula is C16H21N3O3. The van der Waals surface area contributed by atoms with E-state index in [2.05, 4.69) is 16.3 Å². The predicted octanol–water partition coefficient (Wildman–Crippen LogP) is 0.256. The standard InChI is InChI=1S/C16H21N3O3/c1-22-11-16(21)18-14-6-15(10-20)19(9-14)8-13-4-2-3-12(5-13)7-17/h2-5,14-15,20H,6,8-11H2,1H3,(H,18,21)/t14-,15-/m0/s1. The van der Waals surface area contributed by atoms with E-state index in [0.717, 1.165) is 5.56 Å². The number of hydrogen-bond acceptors (Lipinski definition) is 5. The molecule has 2 atom stereocenters. The average molecular weight is 303 g/mol. The SMILES string of the molecule is COCC(=O)N[C@H]1C[C@@H](CO)N(Cc2cccc(C#N)c2)C1. The maximum atomic E-state index is 11.6. The molecule has 1 aliphatic heterocycles. The molecule has 1 saturated heterocycles. The second-order valence-corrected chi connectivity index (χ2v) is 5.51. The predicted molar refractivity (Wildman–Crippen MR) is 80.9 cm³/mol. The number of carbonyl (C=O) groups is 1. The molecule has 22 heavy (non-hydrogen) atoms. The van der Waals surface area contributed by atoms with Crippen molar-refractivity contribution < 1.29 is 14.6 Å². The summed E-state index contributed by atoms with van der Waals surface area (Å²) >= 11 is 0. The van der Waals surface area contributed by atoms with E-state index in [9.17, 15) is 9.90 Å². The molecular weight excluding hydrogens is 282 g/mol. The number of ether oxygens (including phenoxy) is 1. The molecule has 0 saturated carbocycles. The van der Waals surface area contributed by atoms with Crippen molar-refractivity contribution in [3.63, 3.8) is 0 Å². The molecule has 6 nitrogen and oxygen atoms in total. The average Bonchev–Trinajstić information content (AvgIpc) is 2.89. The highest BCUT2D eigenvalue weighted by atomic mass is 16.5. The fourth-order valence-electron chi connectivity index (χ4n) is 2.85. The molecule has 1 heterocycles. The van der Waals surface area contributed by atoms with Crippen LogP contribution in [0.4, 0.5) is 0 Å². The Morgan fingerprint density at radius 1 is 1.59 bits per heavy atom. The van der Waals surface area contributed by atoms with Crippen molar-refractivity contribution in [3.8, 4) is 6.07 Å². The molecule has 1 aliphatic rings. The van der Waals surface area contributed by atoms with Gasteiger partial charge in [-0.15, -0.1) is 0 Å². The van der Waals surface area contributed by atoms with E-state index in [4.69, 9.17) is 10.00 Å². The third-order valence-electron chi connectivity index (χ3n) is 3.82. The van der Waals surface area contributed by atoms with E-state index >= 15 is 0 Å². The van der Waals surface area contributed by atoms with Crippen molar-refractivity contribution in [3.05, 3.63) is 35.4 Å². The molecule has 6 heteroatoms. The second-order valence-electron chi connectivity index (χ2n) is 5.51. The van der Waals surface area contributed by atoms with Crippen molar-refractivity contribution in [1.82, 2.24) is 10.2 Å². The normalized spacial score (nSPS) is 21.5. The lowest BCUT2D eigenvalue weighted by atomic mass is 10.1. The van der Waals surface area contributed by atoms with Gasteiger partial charge in [0.1, 0.15) is 6.61 Å². The minimum absolute atomic E-state index is 0.0126. The summed E-state index contributed by atoms with van der Waals surface area (Å²) in [5.41, 5.74) is 1.66. The zero-order chi connectivity index (χ0) is 15.9. The van der Waals surface area contributed by atoms with Crippen LogP contribution in [0, 0.1) is 11.3 Å². The van der Waals surface area contributed by atoms with Crippen LogP contribution in [0.15, 0.2) is 24.3 Å². The maximum Gasteiger partial charge on any atom is 0.246 e. The highest BCUT2D eigenvalue weighted by Gasteiger charge is 2.32. The van der Waals surface area contributed by atoms with Crippen LogP contribution < -0.4 is 5.32 Å². The van der Waals surface area contributed by atoms with Gasteiger partial charge < -0.3 is 15.2 Å². The Hall–Kier alpha value is -1.94. The molecule has 1 aromatic rings. The number of nitrogens with zero attached hydrogens (tertiary/aromatic N) is 2. The second kappa shape index (κ2) is 7.90. The lowest BCUT2D eigenvalue weighted by molar-refractivity contribution is -0.125. The summed E-state index contributed by atoms with van der Waals surface area (Å²) in [7, 11) is 1.49. The zero-order valence-electron chi connectivity index (χ0n) is 12.7. The Morgan fingerprint density at radius 2 is 2.41 bits per heavy atom. The zero-order valence-corrected chi connectivity index (χ0v) is 12.7. The van der Waals surface area contributed by atoms with E-state index in [0.29, 0.717) is 25.1 Å². The first kappa shape index (κ1) is 16.4. The van der Waals surface area contributed by atoms with Gasteiger partial charge in [0.25, 0.3) is 0 Å². The Bertz CT molecular complexity index is 556. The number of methoxy groups -OCH3 is 1. The van der Waals surface area contributed by atoms with Crippen LogP contribution >= 0.6 is 0 Å². The number of nitrogens with one attached hydrogen (secondary N) is 1. The molecule has 0 aliphatic carbocycles. The van der Waals surface area contributed by atoms with Gasteiger partial charge in [0.05, 0.1) is 18.2 Å². The molecule has 0 radical (unpaired) electrons. The summed E-state index contributed by atoms with van der Waals surface area (Å²) in [6, 6.07) is 9.60. The summed E-state index contributed by atoms with van der Waals surface area (Å²) in [6.07, 6.45) is 0.712. The van der Waals surface area contributed by atoms with E-state index in [1.807, 2.05) is 18.2 Å². The first-order valence-corrected chi connectivity index (χ1v) is 7.28. The molecule has 0 aromatic heterocycles. The molecule has 1 amide bonds. The van der Waals surface area contributed by atoms with E-state index < -0.39 is 0 Å². The first-order valence-electron chi connectivity index (χ1n) is 7.28. The highest BCUT2D eigenvalue weighted by Crippen LogP contribution is 2.20. The molecule has 2 N–H and O–H groups in total. The minimum atomic E-state index is -0.141. The number of carbonyl (C=O) groups excluding carboxylic acids is 1. The quantitative estimate of drug-likeness (QED) is 0.787. The number of rotatable bonds is 6. The van der Waals surface area contributed by atoms with E-state index in [1.165, 1.54) is 7.11 Å². The molecule has 0 spiro atoms. The van der Waals surface area contributed by atoms with Crippen LogP contribution in [0.3, 0.4) is 0 Å². The van der Waals surface area contributed by atoms with Crippen molar-refractivity contribution in [2.75, 3.05) is 26.9 Å². The van der Waals surface area contributed by atoms with Crippen LogP contribution in [-0.2, 0) is 16.1 Å². The van der Waals surface area contributed by atoms with E-state index in [1.54, 1.807) is 6.07 Å². The van der Waals surface area contributed by atoms with Crippen LogP contribution in [0.1, 0.15) is 17.5 Å². The number of nitriles is 1. The third kappa shape index (κ3) is 4.28. The minimum Gasteiger partial charge on any atom is -0.395 e. The molecule has 0 unspecified atom stereocenters. The lowest BCUT2D eigenvalue weighted by Gasteiger charge is -2.22. The Labute approximate surface area is 130 Å². The van der Waals surface area contributed by atoms with Crippen molar-refractivity contribution in [2.45, 2.75) is 25.0 Å². The Kier molecular flexibility index (Phi) is 5.90. The topological polar surface area (TPSA) is 85.6 Å². The van der Waals surface area contributed by atoms with Gasteiger partial charge in [-0.1, -0.05) is 12.1 Å². The number of likely N-dealkylation sites (tertiary alicyclic amines) is 1. The monoisotopic (exact) mass is 303 g/mol. The van der Waals surface area contributed by atoms with Crippen LogP contribution in [0.2, 0.25) is 0 Å². The van der Waals surface area contributed by atoms with Crippen molar-refractivity contribution >= 4 is 5.91 Å². The highest BCUT2D eigenvalue weighted by molar-refractivity contribution is 5.77. The first-order chi connectivity index (χ1) is 10.7. The van der Waals surface area contributed by atoms with Crippen molar-refractivity contribution in [2.24, 2.45) is 0 Å². The molecule has 1 fully saturated rings. The largest absolute Gasteiger partial charge is 0.395 e. The maximum absolute atomic E-state index is 11.6. The molecule has 118 valence electrons. The summed E-state index contributed by atoms with van der Waals surface area (Å²) in [6.45, 7) is 1.42.